The zero-order valence-electron chi connectivity index (χ0n) is 16.9. The van der Waals surface area contributed by atoms with E-state index in [1.807, 2.05) is 6.92 Å². The van der Waals surface area contributed by atoms with Crippen LogP contribution in [0.3, 0.4) is 0 Å². The average molecular weight is 434 g/mol. The molecule has 2 rings (SSSR count). The van der Waals surface area contributed by atoms with Crippen molar-refractivity contribution in [1.82, 2.24) is 4.31 Å². The molecular weight excluding hydrogens is 402 g/mol. The highest BCUT2D eigenvalue weighted by molar-refractivity contribution is 7.89. The SMILES string of the molecule is CCOc1ccc(S(=O)(=O)N(C)C)cc1NC(=O)CC1(CN)CCCCC1.Cl. The van der Waals surface area contributed by atoms with Gasteiger partial charge in [0.15, 0.2) is 0 Å². The maximum absolute atomic E-state index is 12.7. The summed E-state index contributed by atoms with van der Waals surface area (Å²) >= 11 is 0. The van der Waals surface area contributed by atoms with Crippen molar-refractivity contribution in [3.63, 3.8) is 0 Å². The van der Waals surface area contributed by atoms with Gasteiger partial charge in [-0.2, -0.15) is 0 Å². The minimum Gasteiger partial charge on any atom is -0.492 e. The van der Waals surface area contributed by atoms with E-state index in [1.165, 1.54) is 32.6 Å². The predicted molar refractivity (Wildman–Crippen MR) is 114 cm³/mol. The lowest BCUT2D eigenvalue weighted by Gasteiger charge is -2.35. The molecule has 3 N–H and O–H groups in total. The van der Waals surface area contributed by atoms with Gasteiger partial charge in [0.1, 0.15) is 5.75 Å². The van der Waals surface area contributed by atoms with Crippen LogP contribution < -0.4 is 15.8 Å². The number of amides is 1. The Morgan fingerprint density at radius 3 is 2.43 bits per heavy atom. The van der Waals surface area contributed by atoms with Crippen molar-refractivity contribution in [2.24, 2.45) is 11.1 Å². The Morgan fingerprint density at radius 1 is 1.25 bits per heavy atom. The Balaban J connectivity index is 0.00000392. The van der Waals surface area contributed by atoms with Crippen LogP contribution in [0.15, 0.2) is 23.1 Å². The van der Waals surface area contributed by atoms with Crippen LogP contribution >= 0.6 is 12.4 Å². The summed E-state index contributed by atoms with van der Waals surface area (Å²) in [6.45, 7) is 2.73. The van der Waals surface area contributed by atoms with Crippen LogP contribution in [0.1, 0.15) is 45.4 Å². The molecule has 1 fully saturated rings. The summed E-state index contributed by atoms with van der Waals surface area (Å²) in [6.07, 6.45) is 5.59. The molecule has 0 saturated heterocycles. The largest absolute Gasteiger partial charge is 0.492 e. The molecule has 1 aromatic carbocycles. The highest BCUT2D eigenvalue weighted by Crippen LogP contribution is 2.39. The molecule has 1 amide bonds. The minimum absolute atomic E-state index is 0. The summed E-state index contributed by atoms with van der Waals surface area (Å²) in [5.74, 6) is 0.289. The second kappa shape index (κ2) is 10.4. The number of carbonyl (C=O) groups excluding carboxylic acids is 1. The third-order valence-corrected chi connectivity index (χ3v) is 7.00. The van der Waals surface area contributed by atoms with Crippen molar-refractivity contribution in [3.8, 4) is 5.75 Å². The Morgan fingerprint density at radius 2 is 1.89 bits per heavy atom. The third-order valence-electron chi connectivity index (χ3n) is 5.19. The Bertz CT molecular complexity index is 762. The topological polar surface area (TPSA) is 102 Å². The zero-order chi connectivity index (χ0) is 20.1. The molecule has 0 heterocycles. The number of nitrogens with zero attached hydrogens (tertiary/aromatic N) is 1. The summed E-state index contributed by atoms with van der Waals surface area (Å²) in [5, 5.41) is 2.85. The third kappa shape index (κ3) is 5.83. The fourth-order valence-corrected chi connectivity index (χ4v) is 4.48. The first-order chi connectivity index (χ1) is 12.7. The summed E-state index contributed by atoms with van der Waals surface area (Å²) in [7, 11) is -0.664. The Kier molecular flexibility index (Phi) is 9.20. The fraction of sp³-hybridized carbons (Fsp3) is 0.632. The van der Waals surface area contributed by atoms with Crippen molar-refractivity contribution < 1.29 is 17.9 Å². The van der Waals surface area contributed by atoms with Gasteiger partial charge in [-0.25, -0.2) is 12.7 Å². The van der Waals surface area contributed by atoms with Gasteiger partial charge in [0, 0.05) is 20.5 Å². The molecule has 0 aliphatic heterocycles. The van der Waals surface area contributed by atoms with Crippen LogP contribution in [0, 0.1) is 5.41 Å². The molecule has 0 spiro atoms. The molecule has 28 heavy (non-hydrogen) atoms. The van der Waals surface area contributed by atoms with E-state index in [0.717, 1.165) is 30.0 Å². The molecule has 0 unspecified atom stereocenters. The number of halogens is 1. The molecule has 1 aliphatic carbocycles. The monoisotopic (exact) mass is 433 g/mol. The molecular formula is C19H32ClN3O4S. The van der Waals surface area contributed by atoms with E-state index in [0.29, 0.717) is 31.0 Å². The molecule has 0 bridgehead atoms. The van der Waals surface area contributed by atoms with Crippen LogP contribution in [0.4, 0.5) is 5.69 Å². The van der Waals surface area contributed by atoms with Gasteiger partial charge in [0.2, 0.25) is 15.9 Å². The van der Waals surface area contributed by atoms with Crippen LogP contribution in [-0.2, 0) is 14.8 Å². The van der Waals surface area contributed by atoms with Crippen LogP contribution in [0.2, 0.25) is 0 Å². The first-order valence-electron chi connectivity index (χ1n) is 9.43. The molecule has 1 aromatic rings. The normalized spacial score (nSPS) is 16.3. The highest BCUT2D eigenvalue weighted by Gasteiger charge is 2.33. The highest BCUT2D eigenvalue weighted by atomic mass is 35.5. The first kappa shape index (κ1) is 24.7. The number of rotatable bonds is 8. The quantitative estimate of drug-likeness (QED) is 0.656. The molecule has 0 aromatic heterocycles. The van der Waals surface area contributed by atoms with Gasteiger partial charge < -0.3 is 15.8 Å². The summed E-state index contributed by atoms with van der Waals surface area (Å²) in [4.78, 5) is 12.8. The summed E-state index contributed by atoms with van der Waals surface area (Å²) < 4.78 is 31.5. The number of benzene rings is 1. The Hall–Kier alpha value is -1.35. The number of hydrogen-bond donors (Lipinski definition) is 2. The number of nitrogens with one attached hydrogen (secondary N) is 1. The number of carbonyl (C=O) groups is 1. The molecule has 1 aliphatic rings. The molecule has 160 valence electrons. The number of ether oxygens (including phenoxy) is 1. The smallest absolute Gasteiger partial charge is 0.242 e. The second-order valence-corrected chi connectivity index (χ2v) is 9.52. The molecule has 0 atom stereocenters. The van der Waals surface area contributed by atoms with Crippen molar-refractivity contribution in [2.45, 2.75) is 50.3 Å². The first-order valence-corrected chi connectivity index (χ1v) is 10.9. The van der Waals surface area contributed by atoms with E-state index in [1.54, 1.807) is 6.07 Å². The van der Waals surface area contributed by atoms with Gasteiger partial charge in [0.05, 0.1) is 17.2 Å². The maximum Gasteiger partial charge on any atom is 0.242 e. The van der Waals surface area contributed by atoms with E-state index < -0.39 is 10.0 Å². The van der Waals surface area contributed by atoms with E-state index in [4.69, 9.17) is 10.5 Å². The number of hydrogen-bond acceptors (Lipinski definition) is 5. The van der Waals surface area contributed by atoms with Gasteiger partial charge in [-0.1, -0.05) is 19.3 Å². The summed E-state index contributed by atoms with van der Waals surface area (Å²) in [5.41, 5.74) is 6.19. The van der Waals surface area contributed by atoms with Gasteiger partial charge >= 0.3 is 0 Å². The van der Waals surface area contributed by atoms with Crippen LogP contribution in [0.5, 0.6) is 5.75 Å². The van der Waals surface area contributed by atoms with Crippen molar-refractivity contribution in [2.75, 3.05) is 32.6 Å². The van der Waals surface area contributed by atoms with E-state index >= 15 is 0 Å². The number of nitrogens with two attached hydrogens (primary N) is 1. The number of anilines is 1. The summed E-state index contributed by atoms with van der Waals surface area (Å²) in [6, 6.07) is 4.52. The number of sulfonamides is 1. The predicted octanol–water partition coefficient (Wildman–Crippen LogP) is 3.00. The lowest BCUT2D eigenvalue weighted by molar-refractivity contribution is -0.118. The van der Waals surface area contributed by atoms with Crippen molar-refractivity contribution >= 4 is 34.0 Å². The zero-order valence-corrected chi connectivity index (χ0v) is 18.5. The van der Waals surface area contributed by atoms with Crippen LogP contribution in [-0.4, -0.2) is 45.9 Å². The van der Waals surface area contributed by atoms with E-state index in [-0.39, 0.29) is 28.6 Å². The van der Waals surface area contributed by atoms with E-state index in [2.05, 4.69) is 5.32 Å². The van der Waals surface area contributed by atoms with Crippen molar-refractivity contribution in [1.29, 1.82) is 0 Å². The standard InChI is InChI=1S/C19H31N3O4S.ClH/c1-4-26-17-9-8-15(27(24,25)22(2)3)12-16(17)21-18(23)13-19(14-20)10-6-5-7-11-19;/h8-9,12H,4-7,10-11,13-14,20H2,1-3H3,(H,21,23);1H. The lowest BCUT2D eigenvalue weighted by atomic mass is 9.71. The van der Waals surface area contributed by atoms with Crippen molar-refractivity contribution in [3.05, 3.63) is 18.2 Å². The van der Waals surface area contributed by atoms with Gasteiger partial charge in [-0.05, 0) is 49.9 Å². The molecule has 1 saturated carbocycles. The van der Waals surface area contributed by atoms with Gasteiger partial charge in [-0.15, -0.1) is 12.4 Å². The van der Waals surface area contributed by atoms with Crippen LogP contribution in [0.25, 0.3) is 0 Å². The molecule has 0 radical (unpaired) electrons. The fourth-order valence-electron chi connectivity index (χ4n) is 3.55. The Labute approximate surface area is 174 Å². The van der Waals surface area contributed by atoms with E-state index in [9.17, 15) is 13.2 Å². The maximum atomic E-state index is 12.7. The molecule has 9 heteroatoms. The lowest BCUT2D eigenvalue weighted by Crippen LogP contribution is -2.36. The molecule has 7 nitrogen and oxygen atoms in total. The average Bonchev–Trinajstić information content (AvgIpc) is 2.63. The van der Waals surface area contributed by atoms with Gasteiger partial charge in [0.25, 0.3) is 0 Å². The minimum atomic E-state index is -3.60. The second-order valence-electron chi connectivity index (χ2n) is 7.37. The van der Waals surface area contributed by atoms with Gasteiger partial charge in [-0.3, -0.25) is 4.79 Å².